The van der Waals surface area contributed by atoms with Crippen LogP contribution in [0.15, 0.2) is 12.4 Å². The van der Waals surface area contributed by atoms with E-state index in [1.807, 2.05) is 13.1 Å². The summed E-state index contributed by atoms with van der Waals surface area (Å²) in [5.41, 5.74) is 0.599. The van der Waals surface area contributed by atoms with Crippen LogP contribution in [0.25, 0.3) is 0 Å². The maximum Gasteiger partial charge on any atom is 0.158 e. The topological polar surface area (TPSA) is 64.8 Å². The smallest absolute Gasteiger partial charge is 0.158 e. The summed E-state index contributed by atoms with van der Waals surface area (Å²) < 4.78 is 0. The maximum absolute atomic E-state index is 8.66. The molecule has 0 spiro atoms. The van der Waals surface area contributed by atoms with Crippen LogP contribution in [0.3, 0.4) is 0 Å². The molecule has 5 nitrogen and oxygen atoms in total. The number of piperidine rings is 1. The van der Waals surface area contributed by atoms with Crippen molar-refractivity contribution in [1.82, 2.24) is 15.3 Å². The van der Waals surface area contributed by atoms with Gasteiger partial charge in [-0.3, -0.25) is 0 Å². The molecule has 0 bridgehead atoms. The van der Waals surface area contributed by atoms with Crippen molar-refractivity contribution in [2.75, 3.05) is 25.0 Å². The molecule has 0 unspecified atom stereocenters. The third-order valence-corrected chi connectivity index (χ3v) is 3.55. The number of nitrogens with one attached hydrogen (secondary N) is 1. The average Bonchev–Trinajstić information content (AvgIpc) is 2.40. The first-order valence-corrected chi connectivity index (χ1v) is 5.83. The highest BCUT2D eigenvalue weighted by Crippen LogP contribution is 2.23. The lowest BCUT2D eigenvalue weighted by Crippen LogP contribution is -2.50. The molecule has 2 rings (SSSR count). The van der Waals surface area contributed by atoms with Crippen LogP contribution in [0.1, 0.15) is 25.5 Å². The Morgan fingerprint density at radius 1 is 1.35 bits per heavy atom. The molecule has 0 radical (unpaired) electrons. The molecule has 0 saturated carbocycles. The lowest BCUT2D eigenvalue weighted by atomic mass is 9.90. The summed E-state index contributed by atoms with van der Waals surface area (Å²) in [7, 11) is 2.01. The minimum absolute atomic E-state index is 0.233. The van der Waals surface area contributed by atoms with Crippen LogP contribution in [0.5, 0.6) is 0 Å². The Balaban J connectivity index is 2.03. The molecule has 1 N–H and O–H groups in total. The summed E-state index contributed by atoms with van der Waals surface area (Å²) in [6.07, 6.45) is 5.39. The molecule has 5 heteroatoms. The summed E-state index contributed by atoms with van der Waals surface area (Å²) in [6, 6.07) is 1.98. The van der Waals surface area contributed by atoms with E-state index >= 15 is 0 Å². The number of rotatable bonds is 2. The SMILES string of the molecule is CNC1(C)CCN(c2cnc(C#N)cn2)CC1. The Morgan fingerprint density at radius 2 is 2.06 bits per heavy atom. The number of aromatic nitrogens is 2. The van der Waals surface area contributed by atoms with Crippen LogP contribution < -0.4 is 10.2 Å². The van der Waals surface area contributed by atoms with E-state index in [0.29, 0.717) is 5.69 Å². The molecule has 0 aliphatic carbocycles. The lowest BCUT2D eigenvalue weighted by molar-refractivity contribution is 0.304. The van der Waals surface area contributed by atoms with Crippen molar-refractivity contribution in [2.45, 2.75) is 25.3 Å². The van der Waals surface area contributed by atoms with Gasteiger partial charge in [0.25, 0.3) is 0 Å². The van der Waals surface area contributed by atoms with Gasteiger partial charge in [-0.05, 0) is 26.8 Å². The fraction of sp³-hybridized carbons (Fsp3) is 0.583. The zero-order valence-corrected chi connectivity index (χ0v) is 10.3. The molecule has 0 aromatic carbocycles. The third-order valence-electron chi connectivity index (χ3n) is 3.55. The van der Waals surface area contributed by atoms with E-state index in [4.69, 9.17) is 5.26 Å². The highest BCUT2D eigenvalue weighted by Gasteiger charge is 2.28. The first-order chi connectivity index (χ1) is 8.17. The predicted molar refractivity (Wildman–Crippen MR) is 65.7 cm³/mol. The summed E-state index contributed by atoms with van der Waals surface area (Å²) in [4.78, 5) is 10.5. The van der Waals surface area contributed by atoms with Gasteiger partial charge in [0.05, 0.1) is 12.4 Å². The third kappa shape index (κ3) is 2.53. The van der Waals surface area contributed by atoms with Crippen molar-refractivity contribution in [3.63, 3.8) is 0 Å². The molecule has 0 amide bonds. The van der Waals surface area contributed by atoms with Crippen LogP contribution >= 0.6 is 0 Å². The van der Waals surface area contributed by atoms with Crippen LogP contribution in [0, 0.1) is 11.3 Å². The van der Waals surface area contributed by atoms with Gasteiger partial charge in [-0.25, -0.2) is 9.97 Å². The number of hydrogen-bond acceptors (Lipinski definition) is 5. The zero-order chi connectivity index (χ0) is 12.3. The van der Waals surface area contributed by atoms with E-state index in [9.17, 15) is 0 Å². The zero-order valence-electron chi connectivity index (χ0n) is 10.3. The standard InChI is InChI=1S/C12H17N5/c1-12(14-2)3-5-17(6-4-12)11-9-15-10(7-13)8-16-11/h8-9,14H,3-6H2,1-2H3. The van der Waals surface area contributed by atoms with Crippen molar-refractivity contribution in [3.05, 3.63) is 18.1 Å². The number of hydrogen-bond donors (Lipinski definition) is 1. The first kappa shape index (κ1) is 11.8. The molecule has 1 fully saturated rings. The molecule has 1 saturated heterocycles. The predicted octanol–water partition coefficient (Wildman–Crippen LogP) is 0.927. The van der Waals surface area contributed by atoms with Crippen molar-refractivity contribution in [1.29, 1.82) is 5.26 Å². The molecule has 1 aromatic rings. The van der Waals surface area contributed by atoms with Crippen LogP contribution in [0.4, 0.5) is 5.82 Å². The highest BCUT2D eigenvalue weighted by molar-refractivity contribution is 5.38. The van der Waals surface area contributed by atoms with E-state index in [2.05, 4.69) is 27.1 Å². The van der Waals surface area contributed by atoms with Crippen LogP contribution in [0.2, 0.25) is 0 Å². The number of anilines is 1. The van der Waals surface area contributed by atoms with E-state index in [-0.39, 0.29) is 5.54 Å². The second-order valence-corrected chi connectivity index (χ2v) is 4.67. The molecule has 1 aliphatic heterocycles. The fourth-order valence-corrected chi connectivity index (χ4v) is 2.02. The second kappa shape index (κ2) is 4.68. The van der Waals surface area contributed by atoms with Gasteiger partial charge in [-0.1, -0.05) is 0 Å². The Bertz CT molecular complexity index is 412. The molecule has 1 aliphatic rings. The molecule has 1 aromatic heterocycles. The highest BCUT2D eigenvalue weighted by atomic mass is 15.2. The van der Waals surface area contributed by atoms with Crippen molar-refractivity contribution in [2.24, 2.45) is 0 Å². The largest absolute Gasteiger partial charge is 0.355 e. The molecule has 0 atom stereocenters. The van der Waals surface area contributed by atoms with Gasteiger partial charge in [0.15, 0.2) is 5.69 Å². The Kier molecular flexibility index (Phi) is 3.25. The van der Waals surface area contributed by atoms with Crippen LogP contribution in [-0.2, 0) is 0 Å². The first-order valence-electron chi connectivity index (χ1n) is 5.83. The second-order valence-electron chi connectivity index (χ2n) is 4.67. The molecular formula is C12H17N5. The van der Waals surface area contributed by atoms with Gasteiger partial charge in [-0.15, -0.1) is 0 Å². The molecule has 2 heterocycles. The normalized spacial score (nSPS) is 18.8. The number of nitrogens with zero attached hydrogens (tertiary/aromatic N) is 4. The summed E-state index contributed by atoms with van der Waals surface area (Å²) in [5.74, 6) is 0.863. The monoisotopic (exact) mass is 231 g/mol. The fourth-order valence-electron chi connectivity index (χ4n) is 2.02. The maximum atomic E-state index is 8.66. The lowest BCUT2D eigenvalue weighted by Gasteiger charge is -2.39. The van der Waals surface area contributed by atoms with Crippen LogP contribution in [-0.4, -0.2) is 35.6 Å². The van der Waals surface area contributed by atoms with Gasteiger partial charge < -0.3 is 10.2 Å². The summed E-state index contributed by atoms with van der Waals surface area (Å²) in [5, 5.41) is 12.0. The summed E-state index contributed by atoms with van der Waals surface area (Å²) >= 11 is 0. The van der Waals surface area contributed by atoms with Gasteiger partial charge in [0, 0.05) is 18.6 Å². The molecule has 90 valence electrons. The van der Waals surface area contributed by atoms with Gasteiger partial charge >= 0.3 is 0 Å². The van der Waals surface area contributed by atoms with E-state index in [1.165, 1.54) is 6.20 Å². The van der Waals surface area contributed by atoms with E-state index in [0.717, 1.165) is 31.7 Å². The van der Waals surface area contributed by atoms with Crippen molar-refractivity contribution < 1.29 is 0 Å². The van der Waals surface area contributed by atoms with Gasteiger partial charge in [0.2, 0.25) is 0 Å². The average molecular weight is 231 g/mol. The Morgan fingerprint density at radius 3 is 2.53 bits per heavy atom. The molecular weight excluding hydrogens is 214 g/mol. The minimum Gasteiger partial charge on any atom is -0.355 e. The van der Waals surface area contributed by atoms with Gasteiger partial charge in [-0.2, -0.15) is 5.26 Å². The quantitative estimate of drug-likeness (QED) is 0.820. The van der Waals surface area contributed by atoms with Gasteiger partial charge in [0.1, 0.15) is 11.9 Å². The number of nitriles is 1. The van der Waals surface area contributed by atoms with E-state index < -0.39 is 0 Å². The van der Waals surface area contributed by atoms with E-state index in [1.54, 1.807) is 6.20 Å². The Labute approximate surface area is 101 Å². The Hall–Kier alpha value is -1.67. The minimum atomic E-state index is 0.233. The summed E-state index contributed by atoms with van der Waals surface area (Å²) in [6.45, 7) is 4.19. The molecule has 17 heavy (non-hydrogen) atoms. The van der Waals surface area contributed by atoms with Crippen molar-refractivity contribution in [3.8, 4) is 6.07 Å². The van der Waals surface area contributed by atoms with Crippen molar-refractivity contribution >= 4 is 5.82 Å².